The number of hydrogen-bond donors (Lipinski definition) is 2. The monoisotopic (exact) mass is 234 g/mol. The first-order chi connectivity index (χ1) is 8.17. The van der Waals surface area contributed by atoms with Crippen molar-refractivity contribution in [1.29, 1.82) is 0 Å². The molecule has 0 spiro atoms. The Kier molecular flexibility index (Phi) is 2.43. The molecule has 2 aliphatic rings. The van der Waals surface area contributed by atoms with Gasteiger partial charge in [0.25, 0.3) is 0 Å². The van der Waals surface area contributed by atoms with Crippen LogP contribution >= 0.6 is 0 Å². The summed E-state index contributed by atoms with van der Waals surface area (Å²) < 4.78 is 1.68. The highest BCUT2D eigenvalue weighted by atomic mass is 16.2. The molecule has 2 aliphatic carbocycles. The lowest BCUT2D eigenvalue weighted by Crippen LogP contribution is -2.22. The van der Waals surface area contributed by atoms with Crippen LogP contribution in [0.3, 0.4) is 0 Å². The van der Waals surface area contributed by atoms with Gasteiger partial charge in [-0.2, -0.15) is 5.10 Å². The van der Waals surface area contributed by atoms with Crippen LogP contribution in [0.25, 0.3) is 0 Å². The highest BCUT2D eigenvalue weighted by Gasteiger charge is 2.48. The Balaban J connectivity index is 1.67. The molecule has 1 heterocycles. The number of carbonyl (C=O) groups is 1. The number of nitrogens with zero attached hydrogens (tertiary/aromatic N) is 2. The topological polar surface area (TPSA) is 72.9 Å². The standard InChI is InChI=1S/C12H18N4O/c1-16-6-10(5-13)11(15-16)14-12(17)9-3-7-2-8(7)4-9/h6-9H,2-5,13H2,1H3,(H,14,15,17). The Bertz CT molecular complexity index is 443. The van der Waals surface area contributed by atoms with Crippen LogP contribution in [0.2, 0.25) is 0 Å². The summed E-state index contributed by atoms with van der Waals surface area (Å²) in [6, 6.07) is 0. The highest BCUT2D eigenvalue weighted by Crippen LogP contribution is 2.54. The molecule has 1 aromatic heterocycles. The number of anilines is 1. The van der Waals surface area contributed by atoms with E-state index in [-0.39, 0.29) is 11.8 Å². The van der Waals surface area contributed by atoms with E-state index in [1.807, 2.05) is 13.2 Å². The van der Waals surface area contributed by atoms with Crippen LogP contribution in [-0.2, 0) is 18.4 Å². The molecule has 2 saturated carbocycles. The van der Waals surface area contributed by atoms with Crippen molar-refractivity contribution in [1.82, 2.24) is 9.78 Å². The van der Waals surface area contributed by atoms with Crippen LogP contribution < -0.4 is 11.1 Å². The van der Waals surface area contributed by atoms with Gasteiger partial charge in [-0.15, -0.1) is 0 Å². The predicted octanol–water partition coefficient (Wildman–Crippen LogP) is 0.863. The molecule has 5 heteroatoms. The molecule has 0 radical (unpaired) electrons. The van der Waals surface area contributed by atoms with E-state index >= 15 is 0 Å². The Morgan fingerprint density at radius 1 is 1.53 bits per heavy atom. The summed E-state index contributed by atoms with van der Waals surface area (Å²) in [5, 5.41) is 7.14. The number of nitrogens with two attached hydrogens (primary N) is 1. The molecule has 92 valence electrons. The smallest absolute Gasteiger partial charge is 0.228 e. The zero-order chi connectivity index (χ0) is 12.0. The predicted molar refractivity (Wildman–Crippen MR) is 64.1 cm³/mol. The third kappa shape index (κ3) is 1.95. The van der Waals surface area contributed by atoms with E-state index in [2.05, 4.69) is 10.4 Å². The van der Waals surface area contributed by atoms with Crippen molar-refractivity contribution in [2.24, 2.45) is 30.5 Å². The van der Waals surface area contributed by atoms with Gasteiger partial charge in [-0.25, -0.2) is 0 Å². The molecule has 3 N–H and O–H groups in total. The van der Waals surface area contributed by atoms with Gasteiger partial charge >= 0.3 is 0 Å². The van der Waals surface area contributed by atoms with Gasteiger partial charge in [0, 0.05) is 31.3 Å². The fourth-order valence-electron chi connectivity index (χ4n) is 2.94. The van der Waals surface area contributed by atoms with Gasteiger partial charge in [-0.05, 0) is 31.1 Å². The van der Waals surface area contributed by atoms with Crippen molar-refractivity contribution >= 4 is 11.7 Å². The number of carbonyl (C=O) groups excluding carboxylic acids is 1. The lowest BCUT2D eigenvalue weighted by molar-refractivity contribution is -0.120. The van der Waals surface area contributed by atoms with Crippen LogP contribution in [0, 0.1) is 17.8 Å². The third-order valence-electron chi connectivity index (χ3n) is 3.98. The van der Waals surface area contributed by atoms with E-state index in [4.69, 9.17) is 5.73 Å². The summed E-state index contributed by atoms with van der Waals surface area (Å²) in [6.45, 7) is 0.402. The minimum absolute atomic E-state index is 0.116. The van der Waals surface area contributed by atoms with Gasteiger partial charge in [0.05, 0.1) is 0 Å². The Morgan fingerprint density at radius 3 is 2.88 bits per heavy atom. The van der Waals surface area contributed by atoms with Crippen molar-refractivity contribution in [2.45, 2.75) is 25.8 Å². The second kappa shape index (κ2) is 3.84. The van der Waals surface area contributed by atoms with Crippen LogP contribution in [0.4, 0.5) is 5.82 Å². The summed E-state index contributed by atoms with van der Waals surface area (Å²) in [6.07, 6.45) is 5.30. The van der Waals surface area contributed by atoms with Crippen molar-refractivity contribution < 1.29 is 4.79 Å². The quantitative estimate of drug-likeness (QED) is 0.814. The minimum Gasteiger partial charge on any atom is -0.326 e. The number of rotatable bonds is 3. The van der Waals surface area contributed by atoms with E-state index in [0.717, 1.165) is 30.2 Å². The Hall–Kier alpha value is -1.36. The largest absolute Gasteiger partial charge is 0.326 e. The van der Waals surface area contributed by atoms with Gasteiger partial charge in [0.2, 0.25) is 5.91 Å². The average Bonchev–Trinajstić information content (AvgIpc) is 2.75. The van der Waals surface area contributed by atoms with E-state index in [1.54, 1.807) is 4.68 Å². The molecule has 2 fully saturated rings. The number of nitrogens with one attached hydrogen (secondary N) is 1. The number of fused-ring (bicyclic) bond motifs is 1. The summed E-state index contributed by atoms with van der Waals surface area (Å²) in [4.78, 5) is 12.1. The SMILES string of the molecule is Cn1cc(CN)c(NC(=O)C2CC3CC3C2)n1. The highest BCUT2D eigenvalue weighted by molar-refractivity contribution is 5.92. The van der Waals surface area contributed by atoms with Crippen LogP contribution in [0.5, 0.6) is 0 Å². The molecule has 0 aliphatic heterocycles. The number of amides is 1. The second-order valence-corrected chi connectivity index (χ2v) is 5.29. The minimum atomic E-state index is 0.116. The van der Waals surface area contributed by atoms with E-state index in [9.17, 15) is 4.79 Å². The summed E-state index contributed by atoms with van der Waals surface area (Å²) >= 11 is 0. The molecular weight excluding hydrogens is 216 g/mol. The van der Waals surface area contributed by atoms with E-state index in [0.29, 0.717) is 12.4 Å². The fourth-order valence-corrected chi connectivity index (χ4v) is 2.94. The Morgan fingerprint density at radius 2 is 2.24 bits per heavy atom. The number of hydrogen-bond acceptors (Lipinski definition) is 3. The van der Waals surface area contributed by atoms with Crippen LogP contribution in [-0.4, -0.2) is 15.7 Å². The van der Waals surface area contributed by atoms with Gasteiger partial charge in [0.15, 0.2) is 5.82 Å². The van der Waals surface area contributed by atoms with E-state index in [1.165, 1.54) is 6.42 Å². The molecule has 1 aromatic rings. The maximum atomic E-state index is 12.1. The van der Waals surface area contributed by atoms with Crippen molar-refractivity contribution in [3.05, 3.63) is 11.8 Å². The molecule has 2 unspecified atom stereocenters. The molecule has 0 bridgehead atoms. The van der Waals surface area contributed by atoms with Crippen LogP contribution in [0.15, 0.2) is 6.20 Å². The maximum Gasteiger partial charge on any atom is 0.228 e. The first-order valence-electron chi connectivity index (χ1n) is 6.21. The first kappa shape index (κ1) is 10.8. The number of aromatic nitrogens is 2. The molecule has 5 nitrogen and oxygen atoms in total. The third-order valence-corrected chi connectivity index (χ3v) is 3.98. The van der Waals surface area contributed by atoms with Gasteiger partial charge < -0.3 is 11.1 Å². The molecule has 0 saturated heterocycles. The summed E-state index contributed by atoms with van der Waals surface area (Å²) in [5.41, 5.74) is 6.51. The fraction of sp³-hybridized carbons (Fsp3) is 0.667. The molecule has 1 amide bonds. The van der Waals surface area contributed by atoms with Crippen LogP contribution in [0.1, 0.15) is 24.8 Å². The normalized spacial score (nSPS) is 30.1. The lowest BCUT2D eigenvalue weighted by atomic mass is 10.0. The van der Waals surface area contributed by atoms with Gasteiger partial charge in [0.1, 0.15) is 0 Å². The Labute approximate surface area is 100 Å². The van der Waals surface area contributed by atoms with E-state index < -0.39 is 0 Å². The molecule has 2 atom stereocenters. The summed E-state index contributed by atoms with van der Waals surface area (Å²) in [5.74, 6) is 2.57. The van der Waals surface area contributed by atoms with Gasteiger partial charge in [-0.3, -0.25) is 9.48 Å². The van der Waals surface area contributed by atoms with Gasteiger partial charge in [-0.1, -0.05) is 0 Å². The molecule has 17 heavy (non-hydrogen) atoms. The van der Waals surface area contributed by atoms with Crippen molar-refractivity contribution in [3.8, 4) is 0 Å². The zero-order valence-corrected chi connectivity index (χ0v) is 10.0. The number of aryl methyl sites for hydroxylation is 1. The zero-order valence-electron chi connectivity index (χ0n) is 10.0. The second-order valence-electron chi connectivity index (χ2n) is 5.29. The molecule has 0 aromatic carbocycles. The first-order valence-corrected chi connectivity index (χ1v) is 6.21. The van der Waals surface area contributed by atoms with Crippen molar-refractivity contribution in [2.75, 3.05) is 5.32 Å². The molecular formula is C12H18N4O. The lowest BCUT2D eigenvalue weighted by Gasteiger charge is -2.11. The summed E-state index contributed by atoms with van der Waals surface area (Å²) in [7, 11) is 1.83. The average molecular weight is 234 g/mol. The maximum absolute atomic E-state index is 12.1. The molecule has 3 rings (SSSR count). The van der Waals surface area contributed by atoms with Crippen molar-refractivity contribution in [3.63, 3.8) is 0 Å².